The summed E-state index contributed by atoms with van der Waals surface area (Å²) in [5.74, 6) is 2.19. The van der Waals surface area contributed by atoms with Crippen molar-refractivity contribution in [3.05, 3.63) is 42.0 Å². The highest BCUT2D eigenvalue weighted by molar-refractivity contribution is 5.77. The van der Waals surface area contributed by atoms with Crippen LogP contribution in [0.1, 0.15) is 37.0 Å². The molecule has 2 aliphatic heterocycles. The van der Waals surface area contributed by atoms with Crippen molar-refractivity contribution in [2.45, 2.75) is 38.4 Å². The Balaban J connectivity index is 1.43. The Hall–Kier alpha value is -3.10. The normalized spacial score (nSPS) is 18.7. The number of urea groups is 1. The molecule has 1 aromatic heterocycles. The zero-order valence-corrected chi connectivity index (χ0v) is 17.5. The minimum atomic E-state index is -0.0725. The van der Waals surface area contributed by atoms with Crippen LogP contribution in [0.3, 0.4) is 0 Å². The van der Waals surface area contributed by atoms with Crippen LogP contribution in [-0.2, 0) is 17.9 Å². The molecule has 0 N–H and O–H groups in total. The first kappa shape index (κ1) is 20.2. The van der Waals surface area contributed by atoms with Crippen molar-refractivity contribution in [1.29, 1.82) is 0 Å². The molecule has 2 aliphatic rings. The number of fused-ring (bicyclic) bond motifs is 1. The molecular formula is C21H28N6O3. The van der Waals surface area contributed by atoms with E-state index in [-0.39, 0.29) is 24.6 Å². The van der Waals surface area contributed by atoms with Crippen LogP contribution in [0, 0.1) is 0 Å². The van der Waals surface area contributed by atoms with E-state index in [1.807, 2.05) is 35.2 Å². The second kappa shape index (κ2) is 8.73. The largest absolute Gasteiger partial charge is 0.484 e. The number of ether oxygens (including phenoxy) is 1. The Morgan fingerprint density at radius 3 is 2.67 bits per heavy atom. The van der Waals surface area contributed by atoms with Crippen LogP contribution in [0.5, 0.6) is 5.75 Å². The van der Waals surface area contributed by atoms with Gasteiger partial charge in [0.1, 0.15) is 5.75 Å². The number of rotatable bonds is 4. The Kier molecular flexibility index (Phi) is 5.87. The fourth-order valence-electron chi connectivity index (χ4n) is 4.08. The zero-order valence-electron chi connectivity index (χ0n) is 17.5. The van der Waals surface area contributed by atoms with Crippen molar-refractivity contribution < 1.29 is 14.3 Å². The SMILES string of the molecule is CN(C)C(=O)N1CCCCC1c1nnc2n1CCN(C(=O)COc1ccccc1)C2. The molecule has 0 aliphatic carbocycles. The van der Waals surface area contributed by atoms with Gasteiger partial charge in [-0.05, 0) is 31.4 Å². The minimum Gasteiger partial charge on any atom is -0.484 e. The number of benzene rings is 1. The van der Waals surface area contributed by atoms with Gasteiger partial charge in [0.2, 0.25) is 0 Å². The predicted molar refractivity (Wildman–Crippen MR) is 110 cm³/mol. The molecule has 4 rings (SSSR count). The van der Waals surface area contributed by atoms with Crippen molar-refractivity contribution in [3.8, 4) is 5.75 Å². The Morgan fingerprint density at radius 1 is 1.10 bits per heavy atom. The number of hydrogen-bond donors (Lipinski definition) is 0. The summed E-state index contributed by atoms with van der Waals surface area (Å²) >= 11 is 0. The van der Waals surface area contributed by atoms with Gasteiger partial charge in [0, 0.05) is 33.7 Å². The van der Waals surface area contributed by atoms with E-state index in [9.17, 15) is 9.59 Å². The molecule has 1 atom stereocenters. The van der Waals surface area contributed by atoms with Crippen LogP contribution in [0.15, 0.2) is 30.3 Å². The molecule has 3 heterocycles. The molecule has 9 nitrogen and oxygen atoms in total. The van der Waals surface area contributed by atoms with Gasteiger partial charge in [0.15, 0.2) is 18.3 Å². The van der Waals surface area contributed by atoms with E-state index in [4.69, 9.17) is 4.74 Å². The van der Waals surface area contributed by atoms with Gasteiger partial charge >= 0.3 is 6.03 Å². The summed E-state index contributed by atoms with van der Waals surface area (Å²) in [7, 11) is 3.54. The number of para-hydroxylation sites is 1. The minimum absolute atomic E-state index is 0.00124. The quantitative estimate of drug-likeness (QED) is 0.766. The molecule has 9 heteroatoms. The number of hydrogen-bond acceptors (Lipinski definition) is 5. The monoisotopic (exact) mass is 412 g/mol. The van der Waals surface area contributed by atoms with E-state index in [1.54, 1.807) is 23.9 Å². The summed E-state index contributed by atoms with van der Waals surface area (Å²) in [6.45, 7) is 2.32. The maximum Gasteiger partial charge on any atom is 0.320 e. The van der Waals surface area contributed by atoms with E-state index in [2.05, 4.69) is 14.8 Å². The summed E-state index contributed by atoms with van der Waals surface area (Å²) in [4.78, 5) is 30.5. The molecule has 1 saturated heterocycles. The maximum atomic E-state index is 12.6. The second-order valence-corrected chi connectivity index (χ2v) is 7.93. The fraction of sp³-hybridized carbons (Fsp3) is 0.524. The van der Waals surface area contributed by atoms with E-state index in [1.165, 1.54) is 0 Å². The van der Waals surface area contributed by atoms with E-state index in [0.29, 0.717) is 25.4 Å². The van der Waals surface area contributed by atoms with Crippen LogP contribution in [0.2, 0.25) is 0 Å². The molecule has 1 fully saturated rings. The van der Waals surface area contributed by atoms with Gasteiger partial charge in [-0.2, -0.15) is 0 Å². The average molecular weight is 412 g/mol. The summed E-state index contributed by atoms with van der Waals surface area (Å²) in [6, 6.07) is 9.25. The van der Waals surface area contributed by atoms with Crippen molar-refractivity contribution in [3.63, 3.8) is 0 Å². The fourth-order valence-corrected chi connectivity index (χ4v) is 4.08. The molecular weight excluding hydrogens is 384 g/mol. The highest BCUT2D eigenvalue weighted by Gasteiger charge is 2.34. The summed E-state index contributed by atoms with van der Waals surface area (Å²) in [6.07, 6.45) is 2.94. The van der Waals surface area contributed by atoms with Gasteiger partial charge in [-0.15, -0.1) is 10.2 Å². The molecule has 0 radical (unpaired) electrons. The number of nitrogens with zero attached hydrogens (tertiary/aromatic N) is 6. The van der Waals surface area contributed by atoms with Crippen molar-refractivity contribution in [2.75, 3.05) is 33.8 Å². The lowest BCUT2D eigenvalue weighted by atomic mass is 10.0. The van der Waals surface area contributed by atoms with Crippen LogP contribution < -0.4 is 4.74 Å². The van der Waals surface area contributed by atoms with Gasteiger partial charge in [-0.25, -0.2) is 4.79 Å². The van der Waals surface area contributed by atoms with Crippen molar-refractivity contribution in [1.82, 2.24) is 29.5 Å². The number of likely N-dealkylation sites (tertiary alicyclic amines) is 1. The van der Waals surface area contributed by atoms with E-state index in [0.717, 1.165) is 37.5 Å². The summed E-state index contributed by atoms with van der Waals surface area (Å²) in [5, 5.41) is 8.78. The lowest BCUT2D eigenvalue weighted by Gasteiger charge is -2.37. The van der Waals surface area contributed by atoms with Gasteiger partial charge in [0.25, 0.3) is 5.91 Å². The van der Waals surface area contributed by atoms with Crippen LogP contribution in [0.25, 0.3) is 0 Å². The molecule has 2 aromatic rings. The maximum absolute atomic E-state index is 12.6. The van der Waals surface area contributed by atoms with E-state index < -0.39 is 0 Å². The molecule has 1 aromatic carbocycles. The number of carbonyl (C=O) groups is 2. The van der Waals surface area contributed by atoms with E-state index >= 15 is 0 Å². The first-order valence-electron chi connectivity index (χ1n) is 10.4. The second-order valence-electron chi connectivity index (χ2n) is 7.93. The highest BCUT2D eigenvalue weighted by Crippen LogP contribution is 2.31. The number of piperidine rings is 1. The van der Waals surface area contributed by atoms with Gasteiger partial charge in [-0.1, -0.05) is 18.2 Å². The van der Waals surface area contributed by atoms with Gasteiger partial charge in [-0.3, -0.25) is 4.79 Å². The topological polar surface area (TPSA) is 83.8 Å². The van der Waals surface area contributed by atoms with Crippen LogP contribution >= 0.6 is 0 Å². The smallest absolute Gasteiger partial charge is 0.320 e. The summed E-state index contributed by atoms with van der Waals surface area (Å²) < 4.78 is 7.67. The van der Waals surface area contributed by atoms with Crippen molar-refractivity contribution >= 4 is 11.9 Å². The molecule has 3 amide bonds. The third-order valence-corrected chi connectivity index (χ3v) is 5.67. The molecule has 1 unspecified atom stereocenters. The van der Waals surface area contributed by atoms with Crippen molar-refractivity contribution in [2.24, 2.45) is 0 Å². The first-order chi connectivity index (χ1) is 14.5. The van der Waals surface area contributed by atoms with Gasteiger partial charge < -0.3 is 24.0 Å². The molecule has 30 heavy (non-hydrogen) atoms. The Labute approximate surface area is 176 Å². The molecule has 160 valence electrons. The lowest BCUT2D eigenvalue weighted by molar-refractivity contribution is -0.134. The standard InChI is InChI=1S/C21H28N6O3/c1-24(2)21(29)26-11-7-6-10-17(26)20-23-22-18-14-25(12-13-27(18)20)19(28)15-30-16-8-4-3-5-9-16/h3-5,8-9,17H,6-7,10-15H2,1-2H3. The number of amides is 3. The number of carbonyl (C=O) groups excluding carboxylic acids is 2. The summed E-state index contributed by atoms with van der Waals surface area (Å²) in [5.41, 5.74) is 0. The molecule has 0 bridgehead atoms. The lowest BCUT2D eigenvalue weighted by Crippen LogP contribution is -2.46. The number of aromatic nitrogens is 3. The third-order valence-electron chi connectivity index (χ3n) is 5.67. The predicted octanol–water partition coefficient (Wildman–Crippen LogP) is 1.91. The molecule has 0 spiro atoms. The van der Waals surface area contributed by atoms with Crippen LogP contribution in [0.4, 0.5) is 4.79 Å². The third kappa shape index (κ3) is 4.10. The Bertz CT molecular complexity index is 897. The van der Waals surface area contributed by atoms with Gasteiger partial charge in [0.05, 0.1) is 12.6 Å². The van der Waals surface area contributed by atoms with Crippen LogP contribution in [-0.4, -0.2) is 75.2 Å². The first-order valence-corrected chi connectivity index (χ1v) is 10.4. The zero-order chi connectivity index (χ0) is 21.1. The Morgan fingerprint density at radius 2 is 1.90 bits per heavy atom. The highest BCUT2D eigenvalue weighted by atomic mass is 16.5. The average Bonchev–Trinajstić information content (AvgIpc) is 3.20. The molecule has 0 saturated carbocycles.